The molecule has 1 aromatic heterocycles. The minimum Gasteiger partial charge on any atom is -0.496 e. The largest absolute Gasteiger partial charge is 0.496 e. The molecule has 0 atom stereocenters. The number of carbonyl (C=O) groups is 1. The van der Waals surface area contributed by atoms with Crippen molar-refractivity contribution in [1.82, 2.24) is 5.43 Å². The molecule has 2 aromatic carbocycles. The molecular formula is C20H16N4O7. The molecule has 1 N–H and O–H groups in total. The van der Waals surface area contributed by atoms with Crippen molar-refractivity contribution in [3.63, 3.8) is 0 Å². The third kappa shape index (κ3) is 4.72. The topological polar surface area (TPSA) is 150 Å². The van der Waals surface area contributed by atoms with Gasteiger partial charge in [-0.25, -0.2) is 5.43 Å². The van der Waals surface area contributed by atoms with Gasteiger partial charge in [-0.2, -0.15) is 5.10 Å². The second-order valence-electron chi connectivity index (χ2n) is 6.30. The number of non-ortho nitro benzene ring substituents is 1. The van der Waals surface area contributed by atoms with Crippen LogP contribution in [0.25, 0.3) is 11.3 Å². The number of benzene rings is 2. The molecule has 0 radical (unpaired) electrons. The van der Waals surface area contributed by atoms with Gasteiger partial charge in [-0.1, -0.05) is 12.1 Å². The summed E-state index contributed by atoms with van der Waals surface area (Å²) in [6, 6.07) is 11.5. The highest BCUT2D eigenvalue weighted by Crippen LogP contribution is 2.28. The number of nitrogens with one attached hydrogen (secondary N) is 1. The van der Waals surface area contributed by atoms with E-state index in [1.165, 1.54) is 31.5 Å². The van der Waals surface area contributed by atoms with E-state index in [-0.39, 0.29) is 28.4 Å². The summed E-state index contributed by atoms with van der Waals surface area (Å²) >= 11 is 0. The predicted octanol–water partition coefficient (Wildman–Crippen LogP) is 3.84. The van der Waals surface area contributed by atoms with Crippen LogP contribution in [0.1, 0.15) is 21.7 Å². The standard InChI is InChI=1S/C20H16N4O7/c1-12-3-4-13(9-17(12)24(28)29)18-8-6-15(31-18)11-21-22-20(25)16-10-14(23(26)27)5-7-19(16)30-2/h3-11H,1-2H3,(H,22,25)/b21-11-. The molecule has 31 heavy (non-hydrogen) atoms. The fraction of sp³-hybridized carbons (Fsp3) is 0.100. The molecule has 0 saturated heterocycles. The van der Waals surface area contributed by atoms with Gasteiger partial charge < -0.3 is 9.15 Å². The van der Waals surface area contributed by atoms with Crippen LogP contribution in [0.4, 0.5) is 11.4 Å². The normalized spacial score (nSPS) is 10.8. The Hall–Kier alpha value is -4.54. The molecule has 11 nitrogen and oxygen atoms in total. The van der Waals surface area contributed by atoms with Gasteiger partial charge in [0.15, 0.2) is 0 Å². The summed E-state index contributed by atoms with van der Waals surface area (Å²) in [6.45, 7) is 1.64. The Bertz CT molecular complexity index is 1200. The van der Waals surface area contributed by atoms with Crippen LogP contribution in [0.15, 0.2) is 58.0 Å². The van der Waals surface area contributed by atoms with E-state index in [2.05, 4.69) is 10.5 Å². The third-order valence-electron chi connectivity index (χ3n) is 4.31. The third-order valence-corrected chi connectivity index (χ3v) is 4.31. The number of furan rings is 1. The van der Waals surface area contributed by atoms with Gasteiger partial charge in [0.2, 0.25) is 0 Å². The van der Waals surface area contributed by atoms with Crippen molar-refractivity contribution in [2.45, 2.75) is 6.92 Å². The maximum Gasteiger partial charge on any atom is 0.275 e. The Morgan fingerprint density at radius 2 is 1.87 bits per heavy atom. The van der Waals surface area contributed by atoms with Crippen LogP contribution < -0.4 is 10.2 Å². The second kappa shape index (κ2) is 8.86. The molecule has 0 aliphatic rings. The van der Waals surface area contributed by atoms with Gasteiger partial charge in [-0.05, 0) is 25.1 Å². The number of carbonyl (C=O) groups excluding carboxylic acids is 1. The SMILES string of the molecule is COc1ccc([N+](=O)[O-])cc1C(=O)N/N=C\c1ccc(-c2ccc(C)c([N+](=O)[O-])c2)o1. The Balaban J connectivity index is 1.75. The van der Waals surface area contributed by atoms with Gasteiger partial charge in [0.25, 0.3) is 17.3 Å². The van der Waals surface area contributed by atoms with E-state index in [0.29, 0.717) is 16.9 Å². The van der Waals surface area contributed by atoms with Crippen LogP contribution in [0.5, 0.6) is 5.75 Å². The van der Waals surface area contributed by atoms with Crippen molar-refractivity contribution in [2.75, 3.05) is 7.11 Å². The Labute approximate surface area is 175 Å². The lowest BCUT2D eigenvalue weighted by atomic mass is 10.1. The zero-order valence-corrected chi connectivity index (χ0v) is 16.4. The van der Waals surface area contributed by atoms with Crippen molar-refractivity contribution in [1.29, 1.82) is 0 Å². The van der Waals surface area contributed by atoms with E-state index in [0.717, 1.165) is 6.07 Å². The number of nitro groups is 2. The number of nitro benzene ring substituents is 2. The molecule has 0 fully saturated rings. The van der Waals surface area contributed by atoms with Crippen LogP contribution in [0.3, 0.4) is 0 Å². The lowest BCUT2D eigenvalue weighted by molar-refractivity contribution is -0.385. The molecular weight excluding hydrogens is 408 g/mol. The summed E-state index contributed by atoms with van der Waals surface area (Å²) in [6.07, 6.45) is 1.23. The van der Waals surface area contributed by atoms with Crippen molar-refractivity contribution < 1.29 is 23.8 Å². The first-order valence-electron chi connectivity index (χ1n) is 8.81. The number of hydrogen-bond acceptors (Lipinski definition) is 8. The number of hydrogen-bond donors (Lipinski definition) is 1. The molecule has 0 aliphatic heterocycles. The lowest BCUT2D eigenvalue weighted by Crippen LogP contribution is -2.18. The monoisotopic (exact) mass is 424 g/mol. The highest BCUT2D eigenvalue weighted by molar-refractivity contribution is 5.98. The molecule has 0 bridgehead atoms. The van der Waals surface area contributed by atoms with Gasteiger partial charge in [0.1, 0.15) is 17.3 Å². The summed E-state index contributed by atoms with van der Waals surface area (Å²) in [5, 5.41) is 25.8. The first-order valence-corrected chi connectivity index (χ1v) is 8.81. The van der Waals surface area contributed by atoms with E-state index in [1.807, 2.05) is 0 Å². The zero-order valence-electron chi connectivity index (χ0n) is 16.4. The Morgan fingerprint density at radius 1 is 1.10 bits per heavy atom. The summed E-state index contributed by atoms with van der Waals surface area (Å²) in [7, 11) is 1.33. The van der Waals surface area contributed by atoms with Gasteiger partial charge >= 0.3 is 0 Å². The number of amides is 1. The van der Waals surface area contributed by atoms with Crippen molar-refractivity contribution >= 4 is 23.5 Å². The van der Waals surface area contributed by atoms with E-state index in [4.69, 9.17) is 9.15 Å². The van der Waals surface area contributed by atoms with Crippen LogP contribution in [0, 0.1) is 27.2 Å². The predicted molar refractivity (Wildman–Crippen MR) is 110 cm³/mol. The van der Waals surface area contributed by atoms with Gasteiger partial charge in [0.05, 0.1) is 28.7 Å². The molecule has 1 heterocycles. The fourth-order valence-electron chi connectivity index (χ4n) is 2.74. The summed E-state index contributed by atoms with van der Waals surface area (Å²) in [5.41, 5.74) is 2.95. The molecule has 11 heteroatoms. The number of rotatable bonds is 7. The zero-order chi connectivity index (χ0) is 22.5. The fourth-order valence-corrected chi connectivity index (χ4v) is 2.74. The number of hydrazone groups is 1. The number of nitrogens with zero attached hydrogens (tertiary/aromatic N) is 3. The smallest absolute Gasteiger partial charge is 0.275 e. The van der Waals surface area contributed by atoms with Gasteiger partial charge in [-0.3, -0.25) is 25.0 Å². The summed E-state index contributed by atoms with van der Waals surface area (Å²) < 4.78 is 10.6. The highest BCUT2D eigenvalue weighted by Gasteiger charge is 2.17. The second-order valence-corrected chi connectivity index (χ2v) is 6.30. The van der Waals surface area contributed by atoms with Gasteiger partial charge in [0, 0.05) is 29.3 Å². The minimum absolute atomic E-state index is 0.0257. The molecule has 0 spiro atoms. The van der Waals surface area contributed by atoms with Crippen LogP contribution in [0.2, 0.25) is 0 Å². The highest BCUT2D eigenvalue weighted by atomic mass is 16.6. The molecule has 0 aliphatic carbocycles. The average molecular weight is 424 g/mol. The van der Waals surface area contributed by atoms with Crippen LogP contribution in [-0.4, -0.2) is 29.1 Å². The number of aryl methyl sites for hydroxylation is 1. The molecule has 3 rings (SSSR count). The quantitative estimate of drug-likeness (QED) is 0.344. The van der Waals surface area contributed by atoms with Crippen LogP contribution in [-0.2, 0) is 0 Å². The molecule has 3 aromatic rings. The van der Waals surface area contributed by atoms with Crippen molar-refractivity contribution in [2.24, 2.45) is 5.10 Å². The Kier molecular flexibility index (Phi) is 6.05. The van der Waals surface area contributed by atoms with E-state index < -0.39 is 15.8 Å². The number of methoxy groups -OCH3 is 1. The van der Waals surface area contributed by atoms with Crippen molar-refractivity contribution in [3.8, 4) is 17.1 Å². The van der Waals surface area contributed by atoms with E-state index in [9.17, 15) is 25.0 Å². The number of ether oxygens (including phenoxy) is 1. The molecule has 0 saturated carbocycles. The maximum absolute atomic E-state index is 12.3. The lowest BCUT2D eigenvalue weighted by Gasteiger charge is -2.06. The van der Waals surface area contributed by atoms with E-state index >= 15 is 0 Å². The molecule has 158 valence electrons. The maximum atomic E-state index is 12.3. The summed E-state index contributed by atoms with van der Waals surface area (Å²) in [5.74, 6) is 0.109. The van der Waals surface area contributed by atoms with Crippen LogP contribution >= 0.6 is 0 Å². The summed E-state index contributed by atoms with van der Waals surface area (Å²) in [4.78, 5) is 33.3. The molecule has 1 amide bonds. The van der Waals surface area contributed by atoms with E-state index in [1.54, 1.807) is 31.2 Å². The first kappa shape index (κ1) is 21.2. The van der Waals surface area contributed by atoms with Gasteiger partial charge in [-0.15, -0.1) is 0 Å². The van der Waals surface area contributed by atoms with Crippen molar-refractivity contribution in [3.05, 3.63) is 85.6 Å². The molecule has 0 unspecified atom stereocenters. The Morgan fingerprint density at radius 3 is 2.55 bits per heavy atom. The average Bonchev–Trinajstić information content (AvgIpc) is 3.22. The minimum atomic E-state index is -0.710. The first-order chi connectivity index (χ1) is 14.8.